The maximum atomic E-state index is 12.3. The predicted octanol–water partition coefficient (Wildman–Crippen LogP) is 2.21. The molecule has 0 saturated carbocycles. The van der Waals surface area contributed by atoms with E-state index >= 15 is 0 Å². The third-order valence-corrected chi connectivity index (χ3v) is 3.84. The van der Waals surface area contributed by atoms with Crippen molar-refractivity contribution in [3.05, 3.63) is 28.8 Å². The van der Waals surface area contributed by atoms with Crippen LogP contribution in [-0.4, -0.2) is 31.1 Å². The van der Waals surface area contributed by atoms with E-state index in [1.165, 1.54) is 13.2 Å². The van der Waals surface area contributed by atoms with Gasteiger partial charge in [0.15, 0.2) is 0 Å². The van der Waals surface area contributed by atoms with E-state index in [4.69, 9.17) is 11.6 Å². The number of amides is 1. The molecule has 1 atom stereocenters. The summed E-state index contributed by atoms with van der Waals surface area (Å²) in [4.78, 5) is 23.8. The number of esters is 1. The molecular weight excluding hydrogens is 280 g/mol. The molecule has 1 unspecified atom stereocenters. The van der Waals surface area contributed by atoms with Crippen LogP contribution in [0.2, 0.25) is 5.02 Å². The average molecular weight is 297 g/mol. The zero-order valence-corrected chi connectivity index (χ0v) is 12.2. The van der Waals surface area contributed by atoms with Gasteiger partial charge < -0.3 is 15.4 Å². The van der Waals surface area contributed by atoms with Crippen LogP contribution in [0, 0.1) is 0 Å². The first-order valence-electron chi connectivity index (χ1n) is 6.40. The highest BCUT2D eigenvalue weighted by molar-refractivity contribution is 6.34. The number of nitrogens with one attached hydrogen (secondary N) is 2. The van der Waals surface area contributed by atoms with Gasteiger partial charge in [-0.05, 0) is 44.5 Å². The van der Waals surface area contributed by atoms with E-state index in [0.29, 0.717) is 16.3 Å². The van der Waals surface area contributed by atoms with Crippen molar-refractivity contribution in [3.63, 3.8) is 0 Å². The molecule has 0 bridgehead atoms. The number of benzene rings is 1. The fraction of sp³-hybridized carbons (Fsp3) is 0.429. The Morgan fingerprint density at radius 1 is 1.45 bits per heavy atom. The van der Waals surface area contributed by atoms with E-state index < -0.39 is 11.5 Å². The summed E-state index contributed by atoms with van der Waals surface area (Å²) < 4.78 is 4.65. The van der Waals surface area contributed by atoms with Crippen molar-refractivity contribution in [3.8, 4) is 0 Å². The van der Waals surface area contributed by atoms with E-state index in [1.807, 2.05) is 6.92 Å². The first-order chi connectivity index (χ1) is 9.46. The van der Waals surface area contributed by atoms with Gasteiger partial charge in [-0.2, -0.15) is 0 Å². The third kappa shape index (κ3) is 2.94. The second-order valence-corrected chi connectivity index (χ2v) is 5.41. The number of carbonyl (C=O) groups excluding carboxylic acids is 2. The molecule has 0 spiro atoms. The summed E-state index contributed by atoms with van der Waals surface area (Å²) >= 11 is 6.05. The van der Waals surface area contributed by atoms with Crippen LogP contribution in [0.5, 0.6) is 0 Å². The Morgan fingerprint density at radius 3 is 2.80 bits per heavy atom. The van der Waals surface area contributed by atoms with Crippen LogP contribution in [0.25, 0.3) is 0 Å². The van der Waals surface area contributed by atoms with Gasteiger partial charge in [-0.3, -0.25) is 4.79 Å². The second kappa shape index (κ2) is 5.81. The van der Waals surface area contributed by atoms with Gasteiger partial charge in [-0.1, -0.05) is 11.6 Å². The number of hydrogen-bond donors (Lipinski definition) is 2. The molecule has 1 aliphatic rings. The number of hydrogen-bond acceptors (Lipinski definition) is 4. The Morgan fingerprint density at radius 2 is 2.20 bits per heavy atom. The van der Waals surface area contributed by atoms with Crippen LogP contribution < -0.4 is 10.6 Å². The minimum Gasteiger partial charge on any atom is -0.465 e. The Balaban J connectivity index is 2.20. The highest BCUT2D eigenvalue weighted by Crippen LogP contribution is 2.26. The lowest BCUT2D eigenvalue weighted by Gasteiger charge is -2.23. The molecule has 1 aromatic rings. The largest absolute Gasteiger partial charge is 0.465 e. The van der Waals surface area contributed by atoms with Crippen molar-refractivity contribution < 1.29 is 14.3 Å². The van der Waals surface area contributed by atoms with Crippen molar-refractivity contribution in [2.75, 3.05) is 19.0 Å². The molecule has 5 nitrogen and oxygen atoms in total. The number of methoxy groups -OCH3 is 1. The Labute approximate surface area is 122 Å². The highest BCUT2D eigenvalue weighted by Gasteiger charge is 2.36. The lowest BCUT2D eigenvalue weighted by molar-refractivity contribution is -0.121. The first-order valence-corrected chi connectivity index (χ1v) is 6.78. The van der Waals surface area contributed by atoms with Crippen molar-refractivity contribution in [2.24, 2.45) is 0 Å². The molecule has 0 radical (unpaired) electrons. The average Bonchev–Trinajstić information content (AvgIpc) is 2.88. The summed E-state index contributed by atoms with van der Waals surface area (Å²) in [6, 6.07) is 4.64. The van der Waals surface area contributed by atoms with Crippen molar-refractivity contribution >= 4 is 29.2 Å². The van der Waals surface area contributed by atoms with Gasteiger partial charge in [0.1, 0.15) is 0 Å². The van der Waals surface area contributed by atoms with Gasteiger partial charge in [-0.25, -0.2) is 4.79 Å². The van der Waals surface area contributed by atoms with E-state index in [1.54, 1.807) is 12.1 Å². The van der Waals surface area contributed by atoms with Gasteiger partial charge in [0.2, 0.25) is 5.91 Å². The smallest absolute Gasteiger partial charge is 0.337 e. The van der Waals surface area contributed by atoms with Crippen molar-refractivity contribution in [2.45, 2.75) is 25.3 Å². The number of rotatable bonds is 3. The number of ether oxygens (including phenoxy) is 1. The monoisotopic (exact) mass is 296 g/mol. The topological polar surface area (TPSA) is 67.4 Å². The second-order valence-electron chi connectivity index (χ2n) is 5.00. The van der Waals surface area contributed by atoms with Gasteiger partial charge >= 0.3 is 5.97 Å². The molecule has 1 aromatic carbocycles. The molecular formula is C14H17ClN2O3. The predicted molar refractivity (Wildman–Crippen MR) is 77.1 cm³/mol. The molecule has 1 fully saturated rings. The SMILES string of the molecule is COC(=O)c1ccc(Cl)c(NC(=O)C2(C)CCCN2)c1. The van der Waals surface area contributed by atoms with Crippen LogP contribution in [0.3, 0.4) is 0 Å². The molecule has 0 aromatic heterocycles. The van der Waals surface area contributed by atoms with E-state index in [0.717, 1.165) is 19.4 Å². The Kier molecular flexibility index (Phi) is 4.30. The number of halogens is 1. The molecule has 1 heterocycles. The van der Waals surface area contributed by atoms with E-state index in [2.05, 4.69) is 15.4 Å². The van der Waals surface area contributed by atoms with Gasteiger partial charge in [-0.15, -0.1) is 0 Å². The maximum absolute atomic E-state index is 12.3. The van der Waals surface area contributed by atoms with Gasteiger partial charge in [0.05, 0.1) is 28.9 Å². The van der Waals surface area contributed by atoms with Crippen LogP contribution in [0.15, 0.2) is 18.2 Å². The molecule has 1 amide bonds. The van der Waals surface area contributed by atoms with Gasteiger partial charge in [0.25, 0.3) is 0 Å². The zero-order chi connectivity index (χ0) is 14.8. The molecule has 1 aliphatic heterocycles. The number of anilines is 1. The first kappa shape index (κ1) is 14.8. The molecule has 108 valence electrons. The van der Waals surface area contributed by atoms with Crippen LogP contribution in [-0.2, 0) is 9.53 Å². The molecule has 0 aliphatic carbocycles. The normalized spacial score (nSPS) is 21.6. The maximum Gasteiger partial charge on any atom is 0.337 e. The molecule has 20 heavy (non-hydrogen) atoms. The minimum absolute atomic E-state index is 0.154. The lowest BCUT2D eigenvalue weighted by Crippen LogP contribution is -2.48. The standard InChI is InChI=1S/C14H17ClN2O3/c1-14(6-3-7-16-14)13(19)17-11-8-9(12(18)20-2)4-5-10(11)15/h4-5,8,16H,3,6-7H2,1-2H3,(H,17,19). The quantitative estimate of drug-likeness (QED) is 0.839. The van der Waals surface area contributed by atoms with E-state index in [-0.39, 0.29) is 5.91 Å². The summed E-state index contributed by atoms with van der Waals surface area (Å²) in [7, 11) is 1.30. The fourth-order valence-electron chi connectivity index (χ4n) is 2.21. The molecule has 1 saturated heterocycles. The van der Waals surface area contributed by atoms with Crippen LogP contribution in [0.1, 0.15) is 30.1 Å². The van der Waals surface area contributed by atoms with Gasteiger partial charge in [0, 0.05) is 0 Å². The van der Waals surface area contributed by atoms with Crippen molar-refractivity contribution in [1.82, 2.24) is 5.32 Å². The Bertz CT molecular complexity index is 539. The van der Waals surface area contributed by atoms with Crippen LogP contribution >= 0.6 is 11.6 Å². The fourth-order valence-corrected chi connectivity index (χ4v) is 2.38. The summed E-state index contributed by atoms with van der Waals surface area (Å²) in [5, 5.41) is 6.33. The lowest BCUT2D eigenvalue weighted by atomic mass is 9.99. The van der Waals surface area contributed by atoms with Crippen LogP contribution in [0.4, 0.5) is 5.69 Å². The summed E-state index contributed by atoms with van der Waals surface area (Å²) in [6.07, 6.45) is 1.73. The summed E-state index contributed by atoms with van der Waals surface area (Å²) in [5.74, 6) is -0.624. The molecule has 2 N–H and O–H groups in total. The third-order valence-electron chi connectivity index (χ3n) is 3.51. The molecule has 2 rings (SSSR count). The zero-order valence-electron chi connectivity index (χ0n) is 11.5. The minimum atomic E-state index is -0.593. The summed E-state index contributed by atoms with van der Waals surface area (Å²) in [5.41, 5.74) is 0.163. The van der Waals surface area contributed by atoms with Crippen molar-refractivity contribution in [1.29, 1.82) is 0 Å². The van der Waals surface area contributed by atoms with E-state index in [9.17, 15) is 9.59 Å². The summed E-state index contributed by atoms with van der Waals surface area (Å²) in [6.45, 7) is 2.67. The molecule has 6 heteroatoms. The highest BCUT2D eigenvalue weighted by atomic mass is 35.5. The number of carbonyl (C=O) groups is 2. The Hall–Kier alpha value is -1.59.